The van der Waals surface area contributed by atoms with Crippen molar-refractivity contribution in [2.24, 2.45) is 0 Å². The summed E-state index contributed by atoms with van der Waals surface area (Å²) in [4.78, 5) is 10.7. The fourth-order valence-corrected chi connectivity index (χ4v) is 1.63. The zero-order valence-corrected chi connectivity index (χ0v) is 11.8. The highest BCUT2D eigenvalue weighted by Crippen LogP contribution is 2.13. The summed E-state index contributed by atoms with van der Waals surface area (Å²) >= 11 is 0. The first-order valence-corrected chi connectivity index (χ1v) is 6.35. The Hall–Kier alpha value is -2.37. The monoisotopic (exact) mass is 274 g/mol. The first-order chi connectivity index (χ1) is 9.36. The van der Waals surface area contributed by atoms with Gasteiger partial charge in [0.25, 0.3) is 0 Å². The molecule has 0 aliphatic carbocycles. The maximum atomic E-state index is 10.7. The summed E-state index contributed by atoms with van der Waals surface area (Å²) in [5.74, 6) is -0.926. The van der Waals surface area contributed by atoms with E-state index in [0.717, 1.165) is 11.4 Å². The quantitative estimate of drug-likeness (QED) is 0.894. The van der Waals surface area contributed by atoms with Crippen LogP contribution in [0, 0.1) is 0 Å². The molecule has 0 bridgehead atoms. The fraction of sp³-hybridized carbons (Fsp3) is 0.357. The first kappa shape index (κ1) is 14.0. The van der Waals surface area contributed by atoms with Gasteiger partial charge in [0.2, 0.25) is 0 Å². The van der Waals surface area contributed by atoms with E-state index in [1.54, 1.807) is 24.3 Å². The molecule has 1 aromatic carbocycles. The highest BCUT2D eigenvalue weighted by atomic mass is 16.4. The smallest absolute Gasteiger partial charge is 0.335 e. The molecule has 0 spiro atoms. The molecule has 2 N–H and O–H groups in total. The average Bonchev–Trinajstić information content (AvgIpc) is 2.85. The molecule has 0 saturated heterocycles. The summed E-state index contributed by atoms with van der Waals surface area (Å²) in [6.07, 6.45) is 1.90. The third-order valence-electron chi connectivity index (χ3n) is 2.83. The van der Waals surface area contributed by atoms with Crippen LogP contribution in [0.1, 0.15) is 36.8 Å². The minimum atomic E-state index is -0.926. The SMILES string of the molecule is CC(C)(C)n1cc(CNc2ccc(C(=O)O)cc2)nn1. The van der Waals surface area contributed by atoms with Crippen LogP contribution in [0.15, 0.2) is 30.5 Å². The molecule has 1 aromatic heterocycles. The molecule has 6 nitrogen and oxygen atoms in total. The van der Waals surface area contributed by atoms with Gasteiger partial charge in [-0.1, -0.05) is 5.21 Å². The molecule has 0 fully saturated rings. The number of aromatic carboxylic acids is 1. The predicted molar refractivity (Wildman–Crippen MR) is 75.7 cm³/mol. The Kier molecular flexibility index (Phi) is 3.74. The third kappa shape index (κ3) is 3.34. The fourth-order valence-electron chi connectivity index (χ4n) is 1.63. The van der Waals surface area contributed by atoms with Crippen molar-refractivity contribution in [3.8, 4) is 0 Å². The Labute approximate surface area is 117 Å². The number of rotatable bonds is 4. The van der Waals surface area contributed by atoms with Crippen LogP contribution in [-0.2, 0) is 12.1 Å². The van der Waals surface area contributed by atoms with Crippen molar-refractivity contribution >= 4 is 11.7 Å². The lowest BCUT2D eigenvalue weighted by atomic mass is 10.1. The van der Waals surface area contributed by atoms with Gasteiger partial charge in [0.05, 0.1) is 23.8 Å². The van der Waals surface area contributed by atoms with E-state index in [1.807, 2.05) is 10.9 Å². The van der Waals surface area contributed by atoms with Crippen molar-refractivity contribution in [3.05, 3.63) is 41.7 Å². The van der Waals surface area contributed by atoms with E-state index >= 15 is 0 Å². The number of carbonyl (C=O) groups is 1. The van der Waals surface area contributed by atoms with Gasteiger partial charge in [-0.05, 0) is 45.0 Å². The highest BCUT2D eigenvalue weighted by Gasteiger charge is 2.14. The first-order valence-electron chi connectivity index (χ1n) is 6.35. The molecule has 0 aliphatic rings. The Bertz CT molecular complexity index is 596. The van der Waals surface area contributed by atoms with Crippen LogP contribution in [0.2, 0.25) is 0 Å². The summed E-state index contributed by atoms with van der Waals surface area (Å²) < 4.78 is 1.82. The Morgan fingerprint density at radius 2 is 1.95 bits per heavy atom. The molecule has 2 aromatic rings. The third-order valence-corrected chi connectivity index (χ3v) is 2.83. The van der Waals surface area contributed by atoms with Gasteiger partial charge in [-0.3, -0.25) is 0 Å². The number of aromatic nitrogens is 3. The van der Waals surface area contributed by atoms with Crippen molar-refractivity contribution in [1.82, 2.24) is 15.0 Å². The van der Waals surface area contributed by atoms with Crippen molar-refractivity contribution in [1.29, 1.82) is 0 Å². The van der Waals surface area contributed by atoms with Crippen LogP contribution in [-0.4, -0.2) is 26.1 Å². The minimum Gasteiger partial charge on any atom is -0.478 e. The number of hydrogen-bond donors (Lipinski definition) is 2. The lowest BCUT2D eigenvalue weighted by molar-refractivity contribution is 0.0697. The lowest BCUT2D eigenvalue weighted by Gasteiger charge is -2.17. The second-order valence-corrected chi connectivity index (χ2v) is 5.56. The second kappa shape index (κ2) is 5.32. The molecule has 0 radical (unpaired) electrons. The summed E-state index contributed by atoms with van der Waals surface area (Å²) in [6, 6.07) is 6.60. The molecule has 1 heterocycles. The van der Waals surface area contributed by atoms with Gasteiger partial charge in [0, 0.05) is 5.69 Å². The number of nitrogens with one attached hydrogen (secondary N) is 1. The molecule has 0 amide bonds. The van der Waals surface area contributed by atoms with Gasteiger partial charge in [0.1, 0.15) is 5.69 Å². The molecule has 2 rings (SSSR count). The van der Waals surface area contributed by atoms with Crippen LogP contribution in [0.25, 0.3) is 0 Å². The second-order valence-electron chi connectivity index (χ2n) is 5.56. The Morgan fingerprint density at radius 1 is 1.30 bits per heavy atom. The van der Waals surface area contributed by atoms with Crippen LogP contribution in [0.3, 0.4) is 0 Å². The number of benzene rings is 1. The van der Waals surface area contributed by atoms with Crippen LogP contribution >= 0.6 is 0 Å². The molecule has 0 unspecified atom stereocenters. The standard InChI is InChI=1S/C14H18N4O2/c1-14(2,3)18-9-12(16-17-18)8-15-11-6-4-10(5-7-11)13(19)20/h4-7,9,15H,8H2,1-3H3,(H,19,20). The van der Waals surface area contributed by atoms with Crippen LogP contribution in [0.4, 0.5) is 5.69 Å². The average molecular weight is 274 g/mol. The van der Waals surface area contributed by atoms with Crippen molar-refractivity contribution in [2.75, 3.05) is 5.32 Å². The maximum absolute atomic E-state index is 10.7. The number of hydrogen-bond acceptors (Lipinski definition) is 4. The lowest BCUT2D eigenvalue weighted by Crippen LogP contribution is -2.22. The highest BCUT2D eigenvalue weighted by molar-refractivity contribution is 5.87. The van der Waals surface area contributed by atoms with Crippen LogP contribution < -0.4 is 5.32 Å². The largest absolute Gasteiger partial charge is 0.478 e. The summed E-state index contributed by atoms with van der Waals surface area (Å²) in [6.45, 7) is 6.72. The zero-order chi connectivity index (χ0) is 14.8. The maximum Gasteiger partial charge on any atom is 0.335 e. The zero-order valence-electron chi connectivity index (χ0n) is 11.8. The Balaban J connectivity index is 1.98. The number of carboxylic acids is 1. The number of carboxylic acid groups (broad SMARTS) is 1. The number of anilines is 1. The Morgan fingerprint density at radius 3 is 2.45 bits per heavy atom. The van der Waals surface area contributed by atoms with E-state index in [4.69, 9.17) is 5.11 Å². The van der Waals surface area contributed by atoms with Gasteiger partial charge in [0.15, 0.2) is 0 Å². The summed E-state index contributed by atoms with van der Waals surface area (Å²) in [5.41, 5.74) is 1.87. The van der Waals surface area contributed by atoms with Gasteiger partial charge >= 0.3 is 5.97 Å². The summed E-state index contributed by atoms with van der Waals surface area (Å²) in [7, 11) is 0. The number of nitrogens with zero attached hydrogens (tertiary/aromatic N) is 3. The van der Waals surface area contributed by atoms with Gasteiger partial charge < -0.3 is 10.4 Å². The van der Waals surface area contributed by atoms with Gasteiger partial charge in [-0.25, -0.2) is 9.48 Å². The molecule has 0 aliphatic heterocycles. The molecule has 0 atom stereocenters. The van der Waals surface area contributed by atoms with Crippen LogP contribution in [0.5, 0.6) is 0 Å². The van der Waals surface area contributed by atoms with E-state index in [0.29, 0.717) is 6.54 Å². The minimum absolute atomic E-state index is 0.0889. The summed E-state index contributed by atoms with van der Waals surface area (Å²) in [5, 5.41) is 20.2. The molecule has 0 saturated carbocycles. The molecule has 6 heteroatoms. The normalized spacial score (nSPS) is 11.3. The van der Waals surface area contributed by atoms with Gasteiger partial charge in [-0.15, -0.1) is 5.10 Å². The van der Waals surface area contributed by atoms with E-state index in [-0.39, 0.29) is 11.1 Å². The van der Waals surface area contributed by atoms with Crippen molar-refractivity contribution in [2.45, 2.75) is 32.9 Å². The van der Waals surface area contributed by atoms with Gasteiger partial charge in [-0.2, -0.15) is 0 Å². The van der Waals surface area contributed by atoms with E-state index < -0.39 is 5.97 Å². The van der Waals surface area contributed by atoms with E-state index in [9.17, 15) is 4.79 Å². The molecule has 106 valence electrons. The van der Waals surface area contributed by atoms with E-state index in [1.165, 1.54) is 0 Å². The van der Waals surface area contributed by atoms with Crippen molar-refractivity contribution < 1.29 is 9.90 Å². The molecular formula is C14H18N4O2. The predicted octanol–water partition coefficient (Wildman–Crippen LogP) is 2.34. The topological polar surface area (TPSA) is 80.0 Å². The molecular weight excluding hydrogens is 256 g/mol. The molecule has 20 heavy (non-hydrogen) atoms. The van der Waals surface area contributed by atoms with E-state index in [2.05, 4.69) is 36.4 Å². The van der Waals surface area contributed by atoms with Crippen molar-refractivity contribution in [3.63, 3.8) is 0 Å².